The summed E-state index contributed by atoms with van der Waals surface area (Å²) in [6.07, 6.45) is 7.23. The van der Waals surface area contributed by atoms with Crippen molar-refractivity contribution in [2.24, 2.45) is 11.7 Å². The van der Waals surface area contributed by atoms with Crippen LogP contribution in [-0.4, -0.2) is 35.7 Å². The number of Topliss-reactive ketones (excluding diaryl/α,β-unsaturated/α-hetero) is 1. The average molecular weight is 342 g/mol. The van der Waals surface area contributed by atoms with Crippen LogP contribution in [0.3, 0.4) is 0 Å². The molecule has 0 radical (unpaired) electrons. The van der Waals surface area contributed by atoms with Gasteiger partial charge in [0, 0.05) is 37.5 Å². The number of fused-ring (bicyclic) bond motifs is 1. The van der Waals surface area contributed by atoms with Crippen molar-refractivity contribution in [3.63, 3.8) is 0 Å². The SMILES string of the molecule is CC(N)C1CCN(C(=O)CCC(=O)c2ccc3c(c2)CCCC3)CC1. The molecule has 1 aliphatic heterocycles. The molecular weight excluding hydrogens is 312 g/mol. The minimum atomic E-state index is 0.0900. The van der Waals surface area contributed by atoms with Crippen LogP contribution in [-0.2, 0) is 17.6 Å². The quantitative estimate of drug-likeness (QED) is 0.836. The van der Waals surface area contributed by atoms with E-state index in [2.05, 4.69) is 12.1 Å². The fourth-order valence-corrected chi connectivity index (χ4v) is 4.10. The standard InChI is InChI=1S/C21H30N2O2/c1-15(22)16-10-12-23(13-11-16)21(25)9-8-20(24)19-7-6-17-4-2-3-5-18(17)14-19/h6-7,14-16H,2-5,8-13,22H2,1H3. The highest BCUT2D eigenvalue weighted by Crippen LogP contribution is 2.23. The van der Waals surface area contributed by atoms with Gasteiger partial charge in [-0.25, -0.2) is 0 Å². The Kier molecular flexibility index (Phi) is 5.89. The predicted molar refractivity (Wildman–Crippen MR) is 99.6 cm³/mol. The molecule has 4 heteroatoms. The van der Waals surface area contributed by atoms with Crippen molar-refractivity contribution in [2.45, 2.75) is 64.3 Å². The van der Waals surface area contributed by atoms with Gasteiger partial charge < -0.3 is 10.6 Å². The molecule has 3 rings (SSSR count). The molecule has 4 nitrogen and oxygen atoms in total. The molecule has 1 aliphatic carbocycles. The summed E-state index contributed by atoms with van der Waals surface area (Å²) >= 11 is 0. The maximum atomic E-state index is 12.5. The van der Waals surface area contributed by atoms with Crippen LogP contribution in [0.5, 0.6) is 0 Å². The molecule has 2 N–H and O–H groups in total. The number of nitrogens with zero attached hydrogens (tertiary/aromatic N) is 1. The maximum absolute atomic E-state index is 12.5. The highest BCUT2D eigenvalue weighted by molar-refractivity contribution is 5.98. The van der Waals surface area contributed by atoms with Gasteiger partial charge in [-0.1, -0.05) is 12.1 Å². The van der Waals surface area contributed by atoms with E-state index in [1.807, 2.05) is 17.9 Å². The Labute approximate surface area is 150 Å². The molecule has 0 aromatic heterocycles. The number of ketones is 1. The summed E-state index contributed by atoms with van der Waals surface area (Å²) in [6.45, 7) is 3.59. The normalized spacial score (nSPS) is 19.4. The van der Waals surface area contributed by atoms with Crippen LogP contribution in [0.2, 0.25) is 0 Å². The van der Waals surface area contributed by atoms with E-state index in [1.54, 1.807) is 0 Å². The first kappa shape index (κ1) is 18.1. The average Bonchev–Trinajstić information content (AvgIpc) is 2.65. The number of carbonyl (C=O) groups is 2. The Morgan fingerprint density at radius 1 is 1.12 bits per heavy atom. The van der Waals surface area contributed by atoms with E-state index < -0.39 is 0 Å². The molecule has 0 saturated carbocycles. The monoisotopic (exact) mass is 342 g/mol. The number of hydrogen-bond acceptors (Lipinski definition) is 3. The number of aryl methyl sites for hydroxylation is 2. The molecule has 1 saturated heterocycles. The second-order valence-electron chi connectivity index (χ2n) is 7.69. The fourth-order valence-electron chi connectivity index (χ4n) is 4.10. The molecule has 25 heavy (non-hydrogen) atoms. The molecule has 2 aliphatic rings. The first-order chi connectivity index (χ1) is 12.0. The van der Waals surface area contributed by atoms with Crippen LogP contribution in [0.15, 0.2) is 18.2 Å². The van der Waals surface area contributed by atoms with Gasteiger partial charge in [0.05, 0.1) is 0 Å². The van der Waals surface area contributed by atoms with E-state index in [4.69, 9.17) is 5.73 Å². The maximum Gasteiger partial charge on any atom is 0.223 e. The number of benzene rings is 1. The topological polar surface area (TPSA) is 63.4 Å². The van der Waals surface area contributed by atoms with Gasteiger partial charge >= 0.3 is 0 Å². The predicted octanol–water partition coefficient (Wildman–Crippen LogP) is 3.11. The summed E-state index contributed by atoms with van der Waals surface area (Å²) in [5.41, 5.74) is 9.43. The van der Waals surface area contributed by atoms with Gasteiger partial charge in [0.15, 0.2) is 5.78 Å². The van der Waals surface area contributed by atoms with Gasteiger partial charge in [-0.05, 0) is 68.6 Å². The van der Waals surface area contributed by atoms with Crippen molar-refractivity contribution in [2.75, 3.05) is 13.1 Å². The van der Waals surface area contributed by atoms with Gasteiger partial charge in [0.1, 0.15) is 0 Å². The zero-order valence-corrected chi connectivity index (χ0v) is 15.3. The number of likely N-dealkylation sites (tertiary alicyclic amines) is 1. The van der Waals surface area contributed by atoms with E-state index in [-0.39, 0.29) is 17.7 Å². The smallest absolute Gasteiger partial charge is 0.223 e. The Hall–Kier alpha value is -1.68. The first-order valence-electron chi connectivity index (χ1n) is 9.73. The first-order valence-corrected chi connectivity index (χ1v) is 9.73. The molecule has 1 aromatic carbocycles. The van der Waals surface area contributed by atoms with Crippen LogP contribution in [0.25, 0.3) is 0 Å². The molecule has 1 fully saturated rings. The highest BCUT2D eigenvalue weighted by atomic mass is 16.2. The summed E-state index contributed by atoms with van der Waals surface area (Å²) in [6, 6.07) is 6.28. The van der Waals surface area contributed by atoms with E-state index in [9.17, 15) is 9.59 Å². The Balaban J connectivity index is 1.50. The number of amides is 1. The van der Waals surface area contributed by atoms with E-state index in [1.165, 1.54) is 24.0 Å². The number of piperidine rings is 1. The molecule has 1 unspecified atom stereocenters. The van der Waals surface area contributed by atoms with Crippen molar-refractivity contribution in [3.8, 4) is 0 Å². The van der Waals surface area contributed by atoms with E-state index >= 15 is 0 Å². The number of nitrogens with two attached hydrogens (primary N) is 1. The molecule has 1 heterocycles. The van der Waals surface area contributed by atoms with Crippen LogP contribution >= 0.6 is 0 Å². The lowest BCUT2D eigenvalue weighted by Gasteiger charge is -2.33. The van der Waals surface area contributed by atoms with Crippen molar-refractivity contribution in [1.29, 1.82) is 0 Å². The third kappa shape index (κ3) is 4.49. The number of hydrogen-bond donors (Lipinski definition) is 1. The molecule has 1 aromatic rings. The number of rotatable bonds is 5. The molecule has 1 amide bonds. The summed E-state index contributed by atoms with van der Waals surface area (Å²) < 4.78 is 0. The lowest BCUT2D eigenvalue weighted by atomic mass is 9.89. The van der Waals surface area contributed by atoms with Crippen LogP contribution < -0.4 is 5.73 Å². The molecule has 0 bridgehead atoms. The lowest BCUT2D eigenvalue weighted by molar-refractivity contribution is -0.132. The van der Waals surface area contributed by atoms with Gasteiger partial charge in [0.2, 0.25) is 5.91 Å². The number of carbonyl (C=O) groups excluding carboxylic acids is 2. The highest BCUT2D eigenvalue weighted by Gasteiger charge is 2.25. The molecular formula is C21H30N2O2. The summed E-state index contributed by atoms with van der Waals surface area (Å²) in [4.78, 5) is 26.8. The van der Waals surface area contributed by atoms with Crippen LogP contribution in [0, 0.1) is 5.92 Å². The lowest BCUT2D eigenvalue weighted by Crippen LogP contribution is -2.42. The third-order valence-electron chi connectivity index (χ3n) is 5.87. The van der Waals surface area contributed by atoms with Crippen molar-refractivity contribution in [1.82, 2.24) is 4.90 Å². The van der Waals surface area contributed by atoms with E-state index in [0.29, 0.717) is 18.8 Å². The molecule has 1 atom stereocenters. The van der Waals surface area contributed by atoms with Gasteiger partial charge in [-0.2, -0.15) is 0 Å². The summed E-state index contributed by atoms with van der Waals surface area (Å²) in [5, 5.41) is 0. The van der Waals surface area contributed by atoms with E-state index in [0.717, 1.165) is 44.3 Å². The zero-order chi connectivity index (χ0) is 17.8. The summed E-state index contributed by atoms with van der Waals surface area (Å²) in [5.74, 6) is 0.711. The minimum absolute atomic E-state index is 0.0900. The van der Waals surface area contributed by atoms with Crippen LogP contribution in [0.4, 0.5) is 0 Å². The zero-order valence-electron chi connectivity index (χ0n) is 15.3. The molecule has 136 valence electrons. The van der Waals surface area contributed by atoms with Crippen molar-refractivity contribution >= 4 is 11.7 Å². The Morgan fingerprint density at radius 2 is 1.80 bits per heavy atom. The third-order valence-corrected chi connectivity index (χ3v) is 5.87. The van der Waals surface area contributed by atoms with Crippen molar-refractivity contribution in [3.05, 3.63) is 34.9 Å². The van der Waals surface area contributed by atoms with Gasteiger partial charge in [-0.15, -0.1) is 0 Å². The Morgan fingerprint density at radius 3 is 2.48 bits per heavy atom. The Bertz CT molecular complexity index is 631. The summed E-state index contributed by atoms with van der Waals surface area (Å²) in [7, 11) is 0. The van der Waals surface area contributed by atoms with Gasteiger partial charge in [-0.3, -0.25) is 9.59 Å². The largest absolute Gasteiger partial charge is 0.343 e. The van der Waals surface area contributed by atoms with Crippen LogP contribution in [0.1, 0.15) is 66.9 Å². The van der Waals surface area contributed by atoms with Gasteiger partial charge in [0.25, 0.3) is 0 Å². The van der Waals surface area contributed by atoms with Crippen molar-refractivity contribution < 1.29 is 9.59 Å². The second kappa shape index (κ2) is 8.13. The second-order valence-corrected chi connectivity index (χ2v) is 7.69. The fraction of sp³-hybridized carbons (Fsp3) is 0.619. The molecule has 0 spiro atoms. The minimum Gasteiger partial charge on any atom is -0.343 e.